The quantitative estimate of drug-likeness (QED) is 0.0199. The molecule has 6 atom stereocenters. The Hall–Kier alpha value is -1.87. The second-order valence-corrected chi connectivity index (χ2v) is 17.9. The summed E-state index contributed by atoms with van der Waals surface area (Å²) in [6.45, 7) is 3.74. The zero-order chi connectivity index (χ0) is 43.4. The lowest BCUT2D eigenvalue weighted by Gasteiger charge is -2.40. The molecule has 0 aromatic carbocycles. The molecular formula is C46H84O12S. The third kappa shape index (κ3) is 31.6. The largest absolute Gasteiger partial charge is 0.462 e. The lowest BCUT2D eigenvalue weighted by molar-refractivity contribution is -0.297. The van der Waals surface area contributed by atoms with Crippen LogP contribution in [0.15, 0.2) is 24.3 Å². The zero-order valence-corrected chi connectivity index (χ0v) is 37.7. The summed E-state index contributed by atoms with van der Waals surface area (Å²) in [4.78, 5) is 25.4. The van der Waals surface area contributed by atoms with Crippen LogP contribution in [0.5, 0.6) is 0 Å². The highest BCUT2D eigenvalue weighted by molar-refractivity contribution is 7.85. The number of aliphatic hydroxyl groups is 3. The average Bonchev–Trinajstić information content (AvgIpc) is 3.20. The van der Waals surface area contributed by atoms with Gasteiger partial charge in [0, 0.05) is 12.8 Å². The summed E-state index contributed by atoms with van der Waals surface area (Å²) in [6, 6.07) is 0. The maximum atomic E-state index is 12.8. The van der Waals surface area contributed by atoms with Gasteiger partial charge in [0.15, 0.2) is 12.4 Å². The van der Waals surface area contributed by atoms with Crippen LogP contribution in [0, 0.1) is 0 Å². The molecule has 0 bridgehead atoms. The SMILES string of the molecule is CCCCC/C=C\C/C=C\CCCCCCCCCCCC(=O)OC(COC(=O)CCCCCCCCCCCCCC)COC1OC(CS(=O)(=O)O)C(O)C(O)C1O. The number of esters is 2. The van der Waals surface area contributed by atoms with Crippen LogP contribution in [0.25, 0.3) is 0 Å². The monoisotopic (exact) mass is 861 g/mol. The molecule has 1 fully saturated rings. The smallest absolute Gasteiger partial charge is 0.306 e. The fraction of sp³-hybridized carbons (Fsp3) is 0.870. The van der Waals surface area contributed by atoms with Gasteiger partial charge in [-0.15, -0.1) is 0 Å². The molecule has 0 aromatic heterocycles. The molecule has 346 valence electrons. The third-order valence-electron chi connectivity index (χ3n) is 10.8. The molecular weight excluding hydrogens is 777 g/mol. The summed E-state index contributed by atoms with van der Waals surface area (Å²) in [6.07, 6.45) is 30.7. The Balaban J connectivity index is 2.41. The van der Waals surface area contributed by atoms with E-state index in [4.69, 9.17) is 18.9 Å². The van der Waals surface area contributed by atoms with Crippen molar-refractivity contribution in [1.29, 1.82) is 0 Å². The fourth-order valence-corrected chi connectivity index (χ4v) is 7.81. The van der Waals surface area contributed by atoms with Gasteiger partial charge in [0.1, 0.15) is 36.8 Å². The van der Waals surface area contributed by atoms with Crippen molar-refractivity contribution >= 4 is 22.1 Å². The molecule has 1 saturated heterocycles. The van der Waals surface area contributed by atoms with Crippen LogP contribution in [0.3, 0.4) is 0 Å². The molecule has 13 heteroatoms. The minimum Gasteiger partial charge on any atom is -0.462 e. The number of ether oxygens (including phenoxy) is 4. The summed E-state index contributed by atoms with van der Waals surface area (Å²) >= 11 is 0. The molecule has 12 nitrogen and oxygen atoms in total. The molecule has 1 rings (SSSR count). The van der Waals surface area contributed by atoms with Crippen LogP contribution in [0.1, 0.15) is 200 Å². The number of hydrogen-bond acceptors (Lipinski definition) is 11. The summed E-state index contributed by atoms with van der Waals surface area (Å²) in [5, 5.41) is 30.9. The van der Waals surface area contributed by atoms with Crippen LogP contribution in [-0.4, -0.2) is 96.0 Å². The van der Waals surface area contributed by atoms with Crippen LogP contribution >= 0.6 is 0 Å². The Morgan fingerprint density at radius 3 is 1.53 bits per heavy atom. The standard InChI is InChI=1S/C46H84O12S/c1-3-5-7-9-11-13-15-17-18-19-20-21-22-23-25-27-29-31-33-35-42(48)57-39(37-56-46-45(51)44(50)43(49)40(58-46)38-59(52,53)54)36-55-41(47)34-32-30-28-26-24-16-14-12-10-8-6-4-2/h11,13,17-18,39-40,43-46,49-51H,3-10,12,14-16,19-38H2,1-2H3,(H,52,53,54)/b13-11-,18-17-. The Labute approximate surface area is 358 Å². The van der Waals surface area contributed by atoms with Gasteiger partial charge in [-0.3, -0.25) is 14.1 Å². The first-order valence-corrected chi connectivity index (χ1v) is 25.0. The van der Waals surface area contributed by atoms with Crippen molar-refractivity contribution in [2.24, 2.45) is 0 Å². The molecule has 1 heterocycles. The predicted octanol–water partition coefficient (Wildman–Crippen LogP) is 9.62. The zero-order valence-electron chi connectivity index (χ0n) is 36.9. The number of aliphatic hydroxyl groups excluding tert-OH is 3. The van der Waals surface area contributed by atoms with E-state index < -0.39 is 71.2 Å². The maximum Gasteiger partial charge on any atom is 0.306 e. The van der Waals surface area contributed by atoms with Gasteiger partial charge >= 0.3 is 11.9 Å². The van der Waals surface area contributed by atoms with Gasteiger partial charge in [0.25, 0.3) is 10.1 Å². The molecule has 6 unspecified atom stereocenters. The van der Waals surface area contributed by atoms with Gasteiger partial charge in [0.05, 0.1) is 6.61 Å². The number of rotatable bonds is 39. The van der Waals surface area contributed by atoms with E-state index in [1.54, 1.807) is 0 Å². The minimum atomic E-state index is -4.60. The molecule has 1 aliphatic heterocycles. The summed E-state index contributed by atoms with van der Waals surface area (Å²) < 4.78 is 54.1. The molecule has 0 spiro atoms. The molecule has 0 amide bonds. The van der Waals surface area contributed by atoms with E-state index in [1.165, 1.54) is 109 Å². The van der Waals surface area contributed by atoms with E-state index in [0.717, 1.165) is 51.4 Å². The van der Waals surface area contributed by atoms with Crippen molar-refractivity contribution < 1.29 is 56.8 Å². The lowest BCUT2D eigenvalue weighted by atomic mass is 10.00. The highest BCUT2D eigenvalue weighted by atomic mass is 32.2. The number of carbonyl (C=O) groups excluding carboxylic acids is 2. The highest BCUT2D eigenvalue weighted by Gasteiger charge is 2.46. The van der Waals surface area contributed by atoms with Gasteiger partial charge in [0.2, 0.25) is 0 Å². The number of allylic oxidation sites excluding steroid dienone is 4. The highest BCUT2D eigenvalue weighted by Crippen LogP contribution is 2.24. The second-order valence-electron chi connectivity index (χ2n) is 16.4. The molecule has 0 radical (unpaired) electrons. The van der Waals surface area contributed by atoms with E-state index in [0.29, 0.717) is 12.8 Å². The van der Waals surface area contributed by atoms with Crippen molar-refractivity contribution in [3.8, 4) is 0 Å². The summed E-state index contributed by atoms with van der Waals surface area (Å²) in [7, 11) is -4.60. The lowest BCUT2D eigenvalue weighted by Crippen LogP contribution is -2.60. The van der Waals surface area contributed by atoms with Gasteiger partial charge in [-0.2, -0.15) is 8.42 Å². The molecule has 1 aliphatic rings. The van der Waals surface area contributed by atoms with E-state index in [1.807, 2.05) is 0 Å². The van der Waals surface area contributed by atoms with Crippen molar-refractivity contribution in [3.05, 3.63) is 24.3 Å². The fourth-order valence-electron chi connectivity index (χ4n) is 7.12. The molecule has 0 saturated carbocycles. The second kappa shape index (κ2) is 36.8. The van der Waals surface area contributed by atoms with Crippen molar-refractivity contribution in [2.75, 3.05) is 19.0 Å². The van der Waals surface area contributed by atoms with Crippen molar-refractivity contribution in [3.63, 3.8) is 0 Å². The first-order chi connectivity index (χ1) is 28.5. The Morgan fingerprint density at radius 2 is 1.02 bits per heavy atom. The molecule has 4 N–H and O–H groups in total. The Kier molecular flexibility index (Phi) is 34.4. The summed E-state index contributed by atoms with van der Waals surface area (Å²) in [5.41, 5.74) is 0. The van der Waals surface area contributed by atoms with Gasteiger partial charge in [-0.1, -0.05) is 167 Å². The normalized spacial score (nSPS) is 20.4. The third-order valence-corrected chi connectivity index (χ3v) is 11.5. The van der Waals surface area contributed by atoms with Crippen LogP contribution in [0.4, 0.5) is 0 Å². The van der Waals surface area contributed by atoms with E-state index in [9.17, 15) is 37.9 Å². The minimum absolute atomic E-state index is 0.162. The molecule has 0 aromatic rings. The molecule has 0 aliphatic carbocycles. The molecule has 59 heavy (non-hydrogen) atoms. The van der Waals surface area contributed by atoms with E-state index in [2.05, 4.69) is 38.2 Å². The number of hydrogen-bond donors (Lipinski definition) is 4. The van der Waals surface area contributed by atoms with Gasteiger partial charge < -0.3 is 34.3 Å². The average molecular weight is 861 g/mol. The van der Waals surface area contributed by atoms with Crippen LogP contribution in [-0.2, 0) is 38.7 Å². The number of unbranched alkanes of at least 4 members (excludes halogenated alkanes) is 23. The summed E-state index contributed by atoms with van der Waals surface area (Å²) in [5.74, 6) is -1.98. The number of carbonyl (C=O) groups is 2. The topological polar surface area (TPSA) is 186 Å². The van der Waals surface area contributed by atoms with Crippen LogP contribution in [0.2, 0.25) is 0 Å². The van der Waals surface area contributed by atoms with E-state index >= 15 is 0 Å². The van der Waals surface area contributed by atoms with Gasteiger partial charge in [-0.05, 0) is 44.9 Å². The predicted molar refractivity (Wildman–Crippen MR) is 233 cm³/mol. The van der Waals surface area contributed by atoms with Gasteiger partial charge in [-0.25, -0.2) is 0 Å². The van der Waals surface area contributed by atoms with E-state index in [-0.39, 0.29) is 19.4 Å². The Bertz CT molecular complexity index is 1190. The van der Waals surface area contributed by atoms with Crippen LogP contribution < -0.4 is 0 Å². The first-order valence-electron chi connectivity index (χ1n) is 23.4. The van der Waals surface area contributed by atoms with Crippen molar-refractivity contribution in [1.82, 2.24) is 0 Å². The van der Waals surface area contributed by atoms with Crippen molar-refractivity contribution in [2.45, 2.75) is 237 Å². The Morgan fingerprint density at radius 1 is 0.576 bits per heavy atom. The first kappa shape index (κ1) is 55.1. The maximum absolute atomic E-state index is 12.8.